The van der Waals surface area contributed by atoms with Crippen LogP contribution in [0, 0.1) is 0 Å². The second kappa shape index (κ2) is 16.7. The lowest BCUT2D eigenvalue weighted by molar-refractivity contribution is -0.121. The normalized spacial score (nSPS) is 15.4. The van der Waals surface area contributed by atoms with E-state index in [2.05, 4.69) is 10.6 Å². The number of hydrogen-bond acceptors (Lipinski definition) is 7. The van der Waals surface area contributed by atoms with E-state index in [9.17, 15) is 4.79 Å². The quantitative estimate of drug-likeness (QED) is 0.373. The molecule has 1 aliphatic heterocycles. The minimum atomic E-state index is -0.0177. The van der Waals surface area contributed by atoms with E-state index in [1.165, 1.54) is 0 Å². The summed E-state index contributed by atoms with van der Waals surface area (Å²) in [6, 6.07) is 0.568. The van der Waals surface area contributed by atoms with Crippen LogP contribution in [0.3, 0.4) is 0 Å². The number of ether oxygens (including phenoxy) is 5. The van der Waals surface area contributed by atoms with Gasteiger partial charge in [0, 0.05) is 39.3 Å². The van der Waals surface area contributed by atoms with Crippen molar-refractivity contribution in [2.45, 2.75) is 25.3 Å². The van der Waals surface area contributed by atoms with Crippen molar-refractivity contribution in [1.82, 2.24) is 10.6 Å². The molecule has 0 aromatic heterocycles. The Morgan fingerprint density at radius 1 is 0.880 bits per heavy atom. The zero-order valence-corrected chi connectivity index (χ0v) is 15.4. The van der Waals surface area contributed by atoms with Gasteiger partial charge in [0.1, 0.15) is 0 Å². The molecule has 1 aliphatic rings. The molecule has 0 radical (unpaired) electrons. The van der Waals surface area contributed by atoms with Crippen LogP contribution in [0.4, 0.5) is 0 Å². The van der Waals surface area contributed by atoms with Crippen molar-refractivity contribution >= 4 is 5.91 Å². The first-order chi connectivity index (χ1) is 12.3. The Morgan fingerprint density at radius 2 is 1.40 bits per heavy atom. The SMILES string of the molecule is CNC(=O)CCOCCOCCOCCOCCNC1CCOCC1. The van der Waals surface area contributed by atoms with Crippen LogP contribution in [0.1, 0.15) is 19.3 Å². The van der Waals surface area contributed by atoms with Crippen LogP contribution in [0.15, 0.2) is 0 Å². The first-order valence-corrected chi connectivity index (χ1v) is 9.15. The van der Waals surface area contributed by atoms with E-state index in [1.807, 2.05) is 0 Å². The monoisotopic (exact) mass is 362 g/mol. The topological polar surface area (TPSA) is 87.3 Å². The highest BCUT2D eigenvalue weighted by Crippen LogP contribution is 2.05. The predicted octanol–water partition coefficient (Wildman–Crippen LogP) is -0.0425. The number of amides is 1. The summed E-state index contributed by atoms with van der Waals surface area (Å²) in [7, 11) is 1.61. The minimum Gasteiger partial charge on any atom is -0.381 e. The maximum Gasteiger partial charge on any atom is 0.222 e. The second-order valence-electron chi connectivity index (χ2n) is 5.71. The van der Waals surface area contributed by atoms with Gasteiger partial charge in [-0.3, -0.25) is 4.79 Å². The first-order valence-electron chi connectivity index (χ1n) is 9.15. The van der Waals surface area contributed by atoms with Crippen molar-refractivity contribution in [3.05, 3.63) is 0 Å². The molecule has 0 aromatic carbocycles. The average Bonchev–Trinajstić information content (AvgIpc) is 2.65. The molecular formula is C17H34N2O6. The molecule has 0 saturated carbocycles. The van der Waals surface area contributed by atoms with E-state index in [1.54, 1.807) is 7.05 Å². The minimum absolute atomic E-state index is 0.0177. The molecule has 1 rings (SSSR count). The number of carbonyl (C=O) groups excluding carboxylic acids is 1. The number of rotatable bonds is 16. The Kier molecular flexibility index (Phi) is 14.9. The van der Waals surface area contributed by atoms with Gasteiger partial charge in [-0.2, -0.15) is 0 Å². The molecule has 0 unspecified atom stereocenters. The zero-order valence-electron chi connectivity index (χ0n) is 15.4. The average molecular weight is 362 g/mol. The Balaban J connectivity index is 1.68. The molecule has 0 atom stereocenters. The molecule has 0 aromatic rings. The molecule has 0 bridgehead atoms. The van der Waals surface area contributed by atoms with E-state index in [0.717, 1.165) is 32.6 Å². The molecule has 1 amide bonds. The number of hydrogen-bond donors (Lipinski definition) is 2. The molecule has 8 heteroatoms. The highest BCUT2D eigenvalue weighted by atomic mass is 16.6. The fraction of sp³-hybridized carbons (Fsp3) is 0.941. The molecule has 1 heterocycles. The zero-order chi connectivity index (χ0) is 18.0. The van der Waals surface area contributed by atoms with E-state index < -0.39 is 0 Å². The maximum atomic E-state index is 10.9. The summed E-state index contributed by atoms with van der Waals surface area (Å²) >= 11 is 0. The largest absolute Gasteiger partial charge is 0.381 e. The molecule has 8 nitrogen and oxygen atoms in total. The summed E-state index contributed by atoms with van der Waals surface area (Å²) in [5.41, 5.74) is 0. The van der Waals surface area contributed by atoms with Crippen LogP contribution in [0.2, 0.25) is 0 Å². The summed E-state index contributed by atoms with van der Waals surface area (Å²) < 4.78 is 26.9. The third-order valence-electron chi connectivity index (χ3n) is 3.77. The summed E-state index contributed by atoms with van der Waals surface area (Å²) in [5, 5.41) is 6.01. The van der Waals surface area contributed by atoms with E-state index in [0.29, 0.717) is 65.3 Å². The summed E-state index contributed by atoms with van der Waals surface area (Å²) in [5.74, 6) is -0.0177. The Morgan fingerprint density at radius 3 is 1.96 bits per heavy atom. The molecule has 0 spiro atoms. The lowest BCUT2D eigenvalue weighted by Crippen LogP contribution is -2.36. The summed E-state index contributed by atoms with van der Waals surface area (Å²) in [4.78, 5) is 10.9. The van der Waals surface area contributed by atoms with Gasteiger partial charge in [0.2, 0.25) is 5.91 Å². The highest BCUT2D eigenvalue weighted by molar-refractivity contribution is 5.75. The van der Waals surface area contributed by atoms with E-state index >= 15 is 0 Å². The lowest BCUT2D eigenvalue weighted by atomic mass is 10.1. The molecule has 148 valence electrons. The Bertz CT molecular complexity index is 314. The third-order valence-corrected chi connectivity index (χ3v) is 3.77. The van der Waals surface area contributed by atoms with Crippen LogP contribution < -0.4 is 10.6 Å². The standard InChI is InChI=1S/C17H34N2O6/c1-18-17(20)4-8-22-10-12-24-14-15-25-13-11-23-9-5-19-16-2-6-21-7-3-16/h16,19H,2-15H2,1H3,(H,18,20). The molecule has 0 aliphatic carbocycles. The van der Waals surface area contributed by atoms with E-state index in [4.69, 9.17) is 23.7 Å². The molecule has 25 heavy (non-hydrogen) atoms. The molecule has 1 saturated heterocycles. The van der Waals surface area contributed by atoms with E-state index in [-0.39, 0.29) is 5.91 Å². The number of nitrogens with one attached hydrogen (secondary N) is 2. The Labute approximate surface area is 150 Å². The fourth-order valence-electron chi connectivity index (χ4n) is 2.29. The van der Waals surface area contributed by atoms with Gasteiger partial charge in [0.15, 0.2) is 0 Å². The maximum absolute atomic E-state index is 10.9. The van der Waals surface area contributed by atoms with Gasteiger partial charge in [0.25, 0.3) is 0 Å². The van der Waals surface area contributed by atoms with Crippen LogP contribution in [-0.2, 0) is 28.5 Å². The van der Waals surface area contributed by atoms with Crippen molar-refractivity contribution in [3.8, 4) is 0 Å². The van der Waals surface area contributed by atoms with Crippen molar-refractivity contribution < 1.29 is 28.5 Å². The Hall–Kier alpha value is -0.770. The van der Waals surface area contributed by atoms with Crippen LogP contribution in [0.25, 0.3) is 0 Å². The van der Waals surface area contributed by atoms with Crippen molar-refractivity contribution in [3.63, 3.8) is 0 Å². The molecule has 1 fully saturated rings. The van der Waals surface area contributed by atoms with Crippen molar-refractivity contribution in [2.75, 3.05) is 79.7 Å². The van der Waals surface area contributed by atoms with Gasteiger partial charge >= 0.3 is 0 Å². The summed E-state index contributed by atoms with van der Waals surface area (Å²) in [6.45, 7) is 6.94. The number of carbonyl (C=O) groups is 1. The molecular weight excluding hydrogens is 328 g/mol. The van der Waals surface area contributed by atoms with Gasteiger partial charge in [0.05, 0.1) is 52.9 Å². The predicted molar refractivity (Wildman–Crippen MR) is 93.8 cm³/mol. The van der Waals surface area contributed by atoms with Gasteiger partial charge in [-0.25, -0.2) is 0 Å². The highest BCUT2D eigenvalue weighted by Gasteiger charge is 2.11. The van der Waals surface area contributed by atoms with Gasteiger partial charge in [-0.1, -0.05) is 0 Å². The van der Waals surface area contributed by atoms with Crippen molar-refractivity contribution in [1.29, 1.82) is 0 Å². The second-order valence-corrected chi connectivity index (χ2v) is 5.71. The van der Waals surface area contributed by atoms with Gasteiger partial charge < -0.3 is 34.3 Å². The van der Waals surface area contributed by atoms with Crippen LogP contribution in [0.5, 0.6) is 0 Å². The first kappa shape index (κ1) is 22.3. The van der Waals surface area contributed by atoms with Crippen molar-refractivity contribution in [2.24, 2.45) is 0 Å². The third kappa shape index (κ3) is 14.1. The fourth-order valence-corrected chi connectivity index (χ4v) is 2.29. The lowest BCUT2D eigenvalue weighted by Gasteiger charge is -2.23. The van der Waals surface area contributed by atoms with Crippen LogP contribution in [-0.4, -0.2) is 91.6 Å². The van der Waals surface area contributed by atoms with Gasteiger partial charge in [-0.15, -0.1) is 0 Å². The summed E-state index contributed by atoms with van der Waals surface area (Å²) in [6.07, 6.45) is 2.55. The van der Waals surface area contributed by atoms with Crippen LogP contribution >= 0.6 is 0 Å². The van der Waals surface area contributed by atoms with Gasteiger partial charge in [-0.05, 0) is 12.8 Å². The molecule has 2 N–H and O–H groups in total. The smallest absolute Gasteiger partial charge is 0.222 e.